The van der Waals surface area contributed by atoms with Gasteiger partial charge in [0.25, 0.3) is 17.7 Å². The Morgan fingerprint density at radius 3 is 2.09 bits per heavy atom. The van der Waals surface area contributed by atoms with Gasteiger partial charge >= 0.3 is 0 Å². The number of nitrogens with one attached hydrogen (secondary N) is 3. The Kier molecular flexibility index (Phi) is 8.30. The van der Waals surface area contributed by atoms with E-state index in [4.69, 9.17) is 11.6 Å². The second-order valence-electron chi connectivity index (χ2n) is 6.94. The van der Waals surface area contributed by atoms with Crippen LogP contribution in [-0.2, 0) is 10.5 Å². The van der Waals surface area contributed by atoms with Crippen molar-refractivity contribution in [1.82, 2.24) is 16.2 Å². The Bertz CT molecular complexity index is 1070. The zero-order valence-electron chi connectivity index (χ0n) is 17.3. The van der Waals surface area contributed by atoms with E-state index >= 15 is 0 Å². The van der Waals surface area contributed by atoms with Crippen LogP contribution in [-0.4, -0.2) is 23.8 Å². The number of carbonyl (C=O) groups is 3. The fraction of sp³-hybridized carbons (Fsp3) is 0.125. The van der Waals surface area contributed by atoms with E-state index in [2.05, 4.69) is 16.2 Å². The summed E-state index contributed by atoms with van der Waals surface area (Å²) >= 11 is 7.56. The van der Waals surface area contributed by atoms with Gasteiger partial charge in [-0.3, -0.25) is 25.2 Å². The number of hydrazine groups is 1. The molecule has 0 fully saturated rings. The Labute approximate surface area is 195 Å². The molecule has 164 valence electrons. The van der Waals surface area contributed by atoms with Crippen molar-refractivity contribution in [3.05, 3.63) is 101 Å². The van der Waals surface area contributed by atoms with Crippen molar-refractivity contribution in [3.8, 4) is 0 Å². The summed E-state index contributed by atoms with van der Waals surface area (Å²) in [5.41, 5.74) is 6.62. The molecule has 3 rings (SSSR count). The lowest BCUT2D eigenvalue weighted by Gasteiger charge is -2.15. The molecule has 0 unspecified atom stereocenters. The molecule has 3 amide bonds. The van der Waals surface area contributed by atoms with Gasteiger partial charge in [0.2, 0.25) is 0 Å². The molecule has 1 atom stereocenters. The molecule has 0 aliphatic heterocycles. The smallest absolute Gasteiger partial charge is 0.269 e. The van der Waals surface area contributed by atoms with Crippen molar-refractivity contribution in [2.45, 2.75) is 23.6 Å². The fourth-order valence-electron chi connectivity index (χ4n) is 2.68. The molecule has 0 aliphatic rings. The van der Waals surface area contributed by atoms with Crippen molar-refractivity contribution in [3.63, 3.8) is 0 Å². The molecule has 6 nitrogen and oxygen atoms in total. The third-order valence-corrected chi connectivity index (χ3v) is 5.85. The average molecular weight is 468 g/mol. The first-order valence-electron chi connectivity index (χ1n) is 9.86. The number of rotatable bonds is 7. The van der Waals surface area contributed by atoms with Crippen LogP contribution in [0.5, 0.6) is 0 Å². The predicted octanol–water partition coefficient (Wildman–Crippen LogP) is 4.21. The van der Waals surface area contributed by atoms with Gasteiger partial charge in [0.05, 0.1) is 0 Å². The first-order chi connectivity index (χ1) is 15.4. The van der Waals surface area contributed by atoms with Crippen molar-refractivity contribution < 1.29 is 14.4 Å². The Hall–Kier alpha value is -3.29. The molecule has 0 radical (unpaired) electrons. The summed E-state index contributed by atoms with van der Waals surface area (Å²) in [6, 6.07) is 22.5. The summed E-state index contributed by atoms with van der Waals surface area (Å²) in [6.45, 7) is 1.54. The summed E-state index contributed by atoms with van der Waals surface area (Å²) < 4.78 is 0. The van der Waals surface area contributed by atoms with Crippen LogP contribution in [0, 0.1) is 0 Å². The van der Waals surface area contributed by atoms with Gasteiger partial charge in [-0.05, 0) is 61.0 Å². The van der Waals surface area contributed by atoms with Crippen LogP contribution in [0.4, 0.5) is 0 Å². The van der Waals surface area contributed by atoms with Gasteiger partial charge in [-0.15, -0.1) is 11.8 Å². The molecule has 0 saturated heterocycles. The highest BCUT2D eigenvalue weighted by Gasteiger charge is 2.17. The van der Waals surface area contributed by atoms with Crippen LogP contribution >= 0.6 is 23.4 Å². The maximum absolute atomic E-state index is 12.3. The maximum atomic E-state index is 12.3. The SMILES string of the molecule is C[C@H](NC(=O)c1ccccc1)C(=O)NNC(=O)c1ccc(CSc2ccc(Cl)cc2)cc1. The normalized spacial score (nSPS) is 11.3. The van der Waals surface area contributed by atoms with E-state index < -0.39 is 17.9 Å². The number of thioether (sulfide) groups is 1. The van der Waals surface area contributed by atoms with Crippen molar-refractivity contribution >= 4 is 41.1 Å². The number of amides is 3. The van der Waals surface area contributed by atoms with Gasteiger partial charge in [0.15, 0.2) is 0 Å². The van der Waals surface area contributed by atoms with Crippen LogP contribution in [0.3, 0.4) is 0 Å². The van der Waals surface area contributed by atoms with E-state index in [1.165, 1.54) is 6.92 Å². The van der Waals surface area contributed by atoms with Gasteiger partial charge in [-0.2, -0.15) is 0 Å². The van der Waals surface area contributed by atoms with E-state index in [0.717, 1.165) is 16.2 Å². The summed E-state index contributed by atoms with van der Waals surface area (Å²) in [4.78, 5) is 37.7. The molecule has 0 bridgehead atoms. The molecule has 0 aliphatic carbocycles. The monoisotopic (exact) mass is 467 g/mol. The van der Waals surface area contributed by atoms with E-state index in [1.54, 1.807) is 54.2 Å². The molecule has 0 saturated carbocycles. The standard InChI is InChI=1S/C24H22ClN3O3S/c1-16(26-23(30)18-5-3-2-4-6-18)22(29)27-28-24(31)19-9-7-17(8-10-19)15-32-21-13-11-20(25)12-14-21/h2-14,16H,15H2,1H3,(H,26,30)(H,27,29)(H,28,31)/t16-/m0/s1. The number of carbonyl (C=O) groups excluding carboxylic acids is 3. The van der Waals surface area contributed by atoms with Crippen LogP contribution in [0.2, 0.25) is 5.02 Å². The molecule has 3 N–H and O–H groups in total. The lowest BCUT2D eigenvalue weighted by Crippen LogP contribution is -2.51. The quantitative estimate of drug-likeness (QED) is 0.359. The van der Waals surface area contributed by atoms with E-state index in [-0.39, 0.29) is 5.91 Å². The third-order valence-electron chi connectivity index (χ3n) is 4.51. The van der Waals surface area contributed by atoms with Crippen molar-refractivity contribution in [2.75, 3.05) is 0 Å². The van der Waals surface area contributed by atoms with Crippen LogP contribution in [0.25, 0.3) is 0 Å². The van der Waals surface area contributed by atoms with Crippen LogP contribution in [0.15, 0.2) is 83.8 Å². The molecule has 0 aromatic heterocycles. The number of hydrogen-bond acceptors (Lipinski definition) is 4. The molecule has 0 spiro atoms. The molecule has 3 aromatic rings. The highest BCUT2D eigenvalue weighted by molar-refractivity contribution is 7.98. The average Bonchev–Trinajstić information content (AvgIpc) is 2.82. The lowest BCUT2D eigenvalue weighted by molar-refractivity contribution is -0.123. The summed E-state index contributed by atoms with van der Waals surface area (Å²) in [6.07, 6.45) is 0. The summed E-state index contributed by atoms with van der Waals surface area (Å²) in [7, 11) is 0. The zero-order valence-corrected chi connectivity index (χ0v) is 18.9. The van der Waals surface area contributed by atoms with Gasteiger partial charge in [0, 0.05) is 26.8 Å². The maximum Gasteiger partial charge on any atom is 0.269 e. The first kappa shape index (κ1) is 23.4. The first-order valence-corrected chi connectivity index (χ1v) is 11.2. The molecular weight excluding hydrogens is 446 g/mol. The molecule has 32 heavy (non-hydrogen) atoms. The largest absolute Gasteiger partial charge is 0.340 e. The topological polar surface area (TPSA) is 87.3 Å². The zero-order chi connectivity index (χ0) is 22.9. The van der Waals surface area contributed by atoms with Crippen molar-refractivity contribution in [1.29, 1.82) is 0 Å². The van der Waals surface area contributed by atoms with Crippen molar-refractivity contribution in [2.24, 2.45) is 0 Å². The second-order valence-corrected chi connectivity index (χ2v) is 8.43. The summed E-state index contributed by atoms with van der Waals surface area (Å²) in [5.74, 6) is -0.596. The van der Waals surface area contributed by atoms with Crippen LogP contribution < -0.4 is 16.2 Å². The minimum absolute atomic E-state index is 0.369. The number of hydrogen-bond donors (Lipinski definition) is 3. The Morgan fingerprint density at radius 1 is 0.812 bits per heavy atom. The Morgan fingerprint density at radius 2 is 1.44 bits per heavy atom. The molecule has 0 heterocycles. The van der Waals surface area contributed by atoms with Gasteiger partial charge in [-0.25, -0.2) is 0 Å². The number of benzene rings is 3. The number of halogens is 1. The lowest BCUT2D eigenvalue weighted by atomic mass is 10.1. The second kappa shape index (κ2) is 11.4. The molecular formula is C24H22ClN3O3S. The minimum Gasteiger partial charge on any atom is -0.340 e. The van der Waals surface area contributed by atoms with E-state index in [0.29, 0.717) is 16.1 Å². The molecule has 3 aromatic carbocycles. The minimum atomic E-state index is -0.824. The predicted molar refractivity (Wildman–Crippen MR) is 126 cm³/mol. The summed E-state index contributed by atoms with van der Waals surface area (Å²) in [5, 5.41) is 3.28. The highest BCUT2D eigenvalue weighted by atomic mass is 35.5. The Balaban J connectivity index is 1.45. The molecule has 8 heteroatoms. The van der Waals surface area contributed by atoms with Crippen LogP contribution in [0.1, 0.15) is 33.2 Å². The van der Waals surface area contributed by atoms with E-state index in [1.807, 2.05) is 36.4 Å². The third kappa shape index (κ3) is 6.87. The van der Waals surface area contributed by atoms with Gasteiger partial charge in [-0.1, -0.05) is 41.9 Å². The van der Waals surface area contributed by atoms with E-state index in [9.17, 15) is 14.4 Å². The van der Waals surface area contributed by atoms with Gasteiger partial charge in [0.1, 0.15) is 6.04 Å². The van der Waals surface area contributed by atoms with Gasteiger partial charge < -0.3 is 5.32 Å². The highest BCUT2D eigenvalue weighted by Crippen LogP contribution is 2.24. The fourth-order valence-corrected chi connectivity index (χ4v) is 3.66.